The lowest BCUT2D eigenvalue weighted by atomic mass is 10.1. The van der Waals surface area contributed by atoms with Crippen molar-refractivity contribution in [2.45, 2.75) is 4.90 Å². The van der Waals surface area contributed by atoms with Gasteiger partial charge in [0.25, 0.3) is 0 Å². The van der Waals surface area contributed by atoms with Crippen molar-refractivity contribution in [2.24, 2.45) is 5.14 Å². The van der Waals surface area contributed by atoms with Crippen LogP contribution >= 0.6 is 0 Å². The zero-order valence-electron chi connectivity index (χ0n) is 13.7. The molecule has 26 heavy (non-hydrogen) atoms. The van der Waals surface area contributed by atoms with Crippen LogP contribution in [0, 0.1) is 0 Å². The molecular weight excluding hydrogens is 348 g/mol. The van der Waals surface area contributed by atoms with E-state index >= 15 is 0 Å². The molecule has 0 bridgehead atoms. The molecule has 4 rings (SSSR count). The molecule has 0 fully saturated rings. The molecule has 7 heteroatoms. The van der Waals surface area contributed by atoms with E-state index in [0.717, 1.165) is 27.8 Å². The molecule has 1 heterocycles. The number of benzene rings is 3. The Kier molecular flexibility index (Phi) is 3.95. The van der Waals surface area contributed by atoms with Gasteiger partial charge < -0.3 is 10.3 Å². The van der Waals surface area contributed by atoms with Crippen LogP contribution in [0.5, 0.6) is 0 Å². The zero-order valence-corrected chi connectivity index (χ0v) is 14.5. The number of para-hydroxylation sites is 2. The molecule has 0 aliphatic carbocycles. The van der Waals surface area contributed by atoms with Crippen molar-refractivity contribution in [1.82, 2.24) is 9.97 Å². The number of nitrogens with zero attached hydrogens (tertiary/aromatic N) is 1. The molecule has 0 radical (unpaired) electrons. The van der Waals surface area contributed by atoms with Crippen molar-refractivity contribution < 1.29 is 8.42 Å². The number of primary sulfonamides is 1. The molecule has 0 saturated carbocycles. The first-order valence-corrected chi connectivity index (χ1v) is 9.49. The van der Waals surface area contributed by atoms with Gasteiger partial charge in [0.15, 0.2) is 0 Å². The third kappa shape index (κ3) is 3.30. The Labute approximate surface area is 150 Å². The molecule has 0 atom stereocenters. The van der Waals surface area contributed by atoms with Gasteiger partial charge in [0.05, 0.1) is 15.9 Å². The largest absolute Gasteiger partial charge is 0.326 e. The third-order valence-electron chi connectivity index (χ3n) is 4.01. The molecule has 0 aliphatic rings. The highest BCUT2D eigenvalue weighted by Crippen LogP contribution is 2.26. The topological polar surface area (TPSA) is 101 Å². The van der Waals surface area contributed by atoms with Gasteiger partial charge in [-0.3, -0.25) is 0 Å². The van der Waals surface area contributed by atoms with Crippen LogP contribution in [0.1, 0.15) is 0 Å². The first-order valence-electron chi connectivity index (χ1n) is 7.94. The highest BCUT2D eigenvalue weighted by atomic mass is 32.2. The van der Waals surface area contributed by atoms with Gasteiger partial charge in [0.1, 0.15) is 0 Å². The third-order valence-corrected chi connectivity index (χ3v) is 4.92. The van der Waals surface area contributed by atoms with Crippen molar-refractivity contribution in [3.63, 3.8) is 0 Å². The smallest absolute Gasteiger partial charge is 0.238 e. The predicted molar refractivity (Wildman–Crippen MR) is 103 cm³/mol. The number of anilines is 2. The zero-order chi connectivity index (χ0) is 18.1. The van der Waals surface area contributed by atoms with Crippen molar-refractivity contribution in [2.75, 3.05) is 5.32 Å². The Morgan fingerprint density at radius 1 is 0.885 bits per heavy atom. The number of H-pyrrole nitrogens is 1. The minimum Gasteiger partial charge on any atom is -0.326 e. The van der Waals surface area contributed by atoms with Gasteiger partial charge in [0.2, 0.25) is 16.0 Å². The minimum atomic E-state index is -3.74. The van der Waals surface area contributed by atoms with Gasteiger partial charge in [0, 0.05) is 5.69 Å². The lowest BCUT2D eigenvalue weighted by Crippen LogP contribution is -2.11. The number of rotatable bonds is 4. The van der Waals surface area contributed by atoms with Crippen LogP contribution in [-0.2, 0) is 10.0 Å². The Morgan fingerprint density at radius 2 is 1.62 bits per heavy atom. The van der Waals surface area contributed by atoms with E-state index < -0.39 is 10.0 Å². The van der Waals surface area contributed by atoms with Gasteiger partial charge >= 0.3 is 0 Å². The molecular formula is C19H16N4O2S. The van der Waals surface area contributed by atoms with Crippen LogP contribution in [0.25, 0.3) is 22.2 Å². The summed E-state index contributed by atoms with van der Waals surface area (Å²) in [6, 6.07) is 22.0. The van der Waals surface area contributed by atoms with Crippen LogP contribution in [0.15, 0.2) is 77.7 Å². The maximum absolute atomic E-state index is 11.6. The van der Waals surface area contributed by atoms with Crippen molar-refractivity contribution >= 4 is 32.7 Å². The first kappa shape index (κ1) is 16.3. The summed E-state index contributed by atoms with van der Waals surface area (Å²) in [5.41, 5.74) is 4.31. The molecule has 3 aromatic carbocycles. The summed E-state index contributed by atoms with van der Waals surface area (Å²) in [7, 11) is -3.74. The van der Waals surface area contributed by atoms with E-state index in [2.05, 4.69) is 15.3 Å². The predicted octanol–water partition coefficient (Wildman–Crippen LogP) is 3.62. The monoisotopic (exact) mass is 364 g/mol. The molecule has 6 nitrogen and oxygen atoms in total. The number of hydrogen-bond donors (Lipinski definition) is 3. The minimum absolute atomic E-state index is 0.0886. The number of hydrogen-bond acceptors (Lipinski definition) is 4. The number of aromatic nitrogens is 2. The second kappa shape index (κ2) is 6.29. The first-order chi connectivity index (χ1) is 12.5. The summed E-state index contributed by atoms with van der Waals surface area (Å²) in [6.07, 6.45) is 0. The van der Waals surface area contributed by atoms with Gasteiger partial charge in [-0.2, -0.15) is 0 Å². The number of imidazole rings is 1. The van der Waals surface area contributed by atoms with E-state index in [1.54, 1.807) is 12.1 Å². The molecule has 4 aromatic rings. The van der Waals surface area contributed by atoms with Gasteiger partial charge in [-0.1, -0.05) is 36.4 Å². The van der Waals surface area contributed by atoms with Crippen LogP contribution in [0.2, 0.25) is 0 Å². The van der Waals surface area contributed by atoms with Gasteiger partial charge in [-0.25, -0.2) is 18.5 Å². The van der Waals surface area contributed by atoms with Crippen molar-refractivity contribution in [3.05, 3.63) is 72.8 Å². The average Bonchev–Trinajstić information content (AvgIpc) is 3.03. The summed E-state index contributed by atoms with van der Waals surface area (Å²) >= 11 is 0. The number of aromatic amines is 1. The summed E-state index contributed by atoms with van der Waals surface area (Å²) in [4.78, 5) is 7.80. The fourth-order valence-electron chi connectivity index (χ4n) is 2.78. The lowest BCUT2D eigenvalue weighted by Gasteiger charge is -2.08. The standard InChI is InChI=1S/C19H16N4O2S/c20-26(24,25)16-8-4-6-14(12-16)13-5-3-7-15(11-13)21-19-22-17-9-1-2-10-18(17)23-19/h1-12H,(H2,20,24,25)(H2,21,22,23). The fourth-order valence-corrected chi connectivity index (χ4v) is 3.34. The summed E-state index contributed by atoms with van der Waals surface area (Å²) < 4.78 is 23.1. The molecule has 0 spiro atoms. The quantitative estimate of drug-likeness (QED) is 0.515. The molecule has 0 unspecified atom stereocenters. The molecule has 0 amide bonds. The summed E-state index contributed by atoms with van der Waals surface area (Å²) in [5.74, 6) is 0.640. The number of nitrogens with two attached hydrogens (primary N) is 1. The molecule has 4 N–H and O–H groups in total. The van der Waals surface area contributed by atoms with E-state index in [1.807, 2.05) is 54.6 Å². The molecule has 130 valence electrons. The average molecular weight is 364 g/mol. The molecule has 1 aromatic heterocycles. The van der Waals surface area contributed by atoms with Crippen LogP contribution < -0.4 is 10.5 Å². The van der Waals surface area contributed by atoms with E-state index in [-0.39, 0.29) is 4.90 Å². The normalized spacial score (nSPS) is 11.6. The maximum atomic E-state index is 11.6. The Hall–Kier alpha value is -3.16. The fraction of sp³-hybridized carbons (Fsp3) is 0. The lowest BCUT2D eigenvalue weighted by molar-refractivity contribution is 0.598. The number of nitrogens with one attached hydrogen (secondary N) is 2. The van der Waals surface area contributed by atoms with Crippen LogP contribution in [-0.4, -0.2) is 18.4 Å². The second-order valence-electron chi connectivity index (χ2n) is 5.88. The van der Waals surface area contributed by atoms with E-state index in [0.29, 0.717) is 5.95 Å². The summed E-state index contributed by atoms with van der Waals surface area (Å²) in [5, 5.41) is 8.46. The Balaban J connectivity index is 1.66. The van der Waals surface area contributed by atoms with E-state index in [4.69, 9.17) is 5.14 Å². The highest BCUT2D eigenvalue weighted by molar-refractivity contribution is 7.89. The van der Waals surface area contributed by atoms with E-state index in [9.17, 15) is 8.42 Å². The second-order valence-corrected chi connectivity index (χ2v) is 7.44. The van der Waals surface area contributed by atoms with Gasteiger partial charge in [-0.05, 0) is 47.5 Å². The van der Waals surface area contributed by atoms with Crippen LogP contribution in [0.4, 0.5) is 11.6 Å². The van der Waals surface area contributed by atoms with Gasteiger partial charge in [-0.15, -0.1) is 0 Å². The Morgan fingerprint density at radius 3 is 2.38 bits per heavy atom. The highest BCUT2D eigenvalue weighted by Gasteiger charge is 2.09. The van der Waals surface area contributed by atoms with Crippen molar-refractivity contribution in [3.8, 4) is 11.1 Å². The number of fused-ring (bicyclic) bond motifs is 1. The Bertz CT molecular complexity index is 1170. The SMILES string of the molecule is NS(=O)(=O)c1cccc(-c2cccc(Nc3nc4ccccc4[nH]3)c2)c1. The van der Waals surface area contributed by atoms with Crippen LogP contribution in [0.3, 0.4) is 0 Å². The van der Waals surface area contributed by atoms with E-state index in [1.165, 1.54) is 6.07 Å². The number of sulfonamides is 1. The van der Waals surface area contributed by atoms with Crippen molar-refractivity contribution in [1.29, 1.82) is 0 Å². The molecule has 0 saturated heterocycles. The maximum Gasteiger partial charge on any atom is 0.238 e. The molecule has 0 aliphatic heterocycles. The summed E-state index contributed by atoms with van der Waals surface area (Å²) in [6.45, 7) is 0.